The lowest BCUT2D eigenvalue weighted by molar-refractivity contribution is 0.482. The highest BCUT2D eigenvalue weighted by atomic mass is 31.1. The largest absolute Gasteiger partial charge is 0.0994 e. The highest BCUT2D eigenvalue weighted by Crippen LogP contribution is 2.66. The van der Waals surface area contributed by atoms with Gasteiger partial charge in [0.05, 0.1) is 0 Å². The quantitative estimate of drug-likeness (QED) is 0.323. The van der Waals surface area contributed by atoms with Crippen LogP contribution in [0.1, 0.15) is 128 Å². The second-order valence-electron chi connectivity index (χ2n) is 11.9. The molecule has 0 radical (unpaired) electrons. The van der Waals surface area contributed by atoms with Crippen molar-refractivity contribution in [2.45, 2.75) is 151 Å². The van der Waals surface area contributed by atoms with Gasteiger partial charge < -0.3 is 0 Å². The maximum Gasteiger partial charge on any atom is 0.00651 e. The molecule has 2 heteroatoms. The molecule has 1 atom stereocenters. The van der Waals surface area contributed by atoms with Crippen molar-refractivity contribution in [3.63, 3.8) is 0 Å². The van der Waals surface area contributed by atoms with Crippen molar-refractivity contribution in [3.8, 4) is 0 Å². The van der Waals surface area contributed by atoms with E-state index in [1.54, 1.807) is 57.5 Å². The standard InChI is InChI=1S/C30H50P2/c1-5-15-26(16-6-1)31(27-17-7-2-8-18-27)24-25-14-13-23-30(25)32(28-19-9-3-10-20-28)29-21-11-4-12-22-29/h13-14,23,25-29H,1-12,15-22,24H2. The smallest absolute Gasteiger partial charge is 0.00651 e. The summed E-state index contributed by atoms with van der Waals surface area (Å²) in [4.78, 5) is 0. The summed E-state index contributed by atoms with van der Waals surface area (Å²) in [5.41, 5.74) is 4.39. The van der Waals surface area contributed by atoms with E-state index in [9.17, 15) is 0 Å². The van der Waals surface area contributed by atoms with Crippen molar-refractivity contribution < 1.29 is 0 Å². The molecule has 5 rings (SSSR count). The average molecular weight is 473 g/mol. The van der Waals surface area contributed by atoms with E-state index in [0.29, 0.717) is 0 Å². The fourth-order valence-corrected chi connectivity index (χ4v) is 16.3. The van der Waals surface area contributed by atoms with Crippen LogP contribution in [0.2, 0.25) is 0 Å². The summed E-state index contributed by atoms with van der Waals surface area (Å²) in [6, 6.07) is 0. The van der Waals surface area contributed by atoms with Crippen LogP contribution in [0.5, 0.6) is 0 Å². The lowest BCUT2D eigenvalue weighted by atomic mass is 9.99. The zero-order chi connectivity index (χ0) is 21.6. The molecule has 0 amide bonds. The van der Waals surface area contributed by atoms with Crippen LogP contribution in [-0.2, 0) is 0 Å². The fraction of sp³-hybridized carbons (Fsp3) is 0.867. The van der Waals surface area contributed by atoms with Gasteiger partial charge in [-0.15, -0.1) is 0 Å². The van der Waals surface area contributed by atoms with Crippen LogP contribution in [0.25, 0.3) is 0 Å². The molecular weight excluding hydrogens is 422 g/mol. The van der Waals surface area contributed by atoms with Gasteiger partial charge in [-0.25, -0.2) is 0 Å². The van der Waals surface area contributed by atoms with E-state index in [4.69, 9.17) is 0 Å². The van der Waals surface area contributed by atoms with E-state index in [1.165, 1.54) is 77.0 Å². The Morgan fingerprint density at radius 3 is 1.38 bits per heavy atom. The molecule has 0 aliphatic heterocycles. The molecule has 0 nitrogen and oxygen atoms in total. The van der Waals surface area contributed by atoms with Crippen molar-refractivity contribution in [2.75, 3.05) is 6.16 Å². The third kappa shape index (κ3) is 5.93. The molecular formula is C30H50P2. The van der Waals surface area contributed by atoms with E-state index < -0.39 is 0 Å². The molecule has 0 aromatic carbocycles. The van der Waals surface area contributed by atoms with Crippen LogP contribution in [0.15, 0.2) is 23.5 Å². The Balaban J connectivity index is 1.34. The zero-order valence-electron chi connectivity index (χ0n) is 20.9. The lowest BCUT2D eigenvalue weighted by Gasteiger charge is -2.43. The van der Waals surface area contributed by atoms with Gasteiger partial charge in [-0.3, -0.25) is 0 Å². The molecule has 1 unspecified atom stereocenters. The molecule has 5 aliphatic carbocycles. The van der Waals surface area contributed by atoms with Gasteiger partial charge in [0.15, 0.2) is 0 Å². The zero-order valence-corrected chi connectivity index (χ0v) is 22.7. The SMILES string of the molecule is C1=CC(CP(C2CCCCC2)C2CCCCC2)C(P(C2CCCCC2)C2CCCCC2)=C1. The average Bonchev–Trinajstić information content (AvgIpc) is 3.33. The molecule has 0 aromatic heterocycles. The predicted molar refractivity (Wildman–Crippen MR) is 147 cm³/mol. The molecule has 0 aromatic rings. The number of hydrogen-bond acceptors (Lipinski definition) is 0. The van der Waals surface area contributed by atoms with Gasteiger partial charge in [0, 0.05) is 5.92 Å². The van der Waals surface area contributed by atoms with Crippen molar-refractivity contribution in [1.29, 1.82) is 0 Å². The molecule has 0 heterocycles. The highest BCUT2D eigenvalue weighted by Gasteiger charge is 2.39. The van der Waals surface area contributed by atoms with Crippen molar-refractivity contribution in [2.24, 2.45) is 5.92 Å². The molecule has 0 N–H and O–H groups in total. The van der Waals surface area contributed by atoms with Crippen molar-refractivity contribution in [1.82, 2.24) is 0 Å². The van der Waals surface area contributed by atoms with Gasteiger partial charge in [0.2, 0.25) is 0 Å². The van der Waals surface area contributed by atoms with Crippen LogP contribution in [-0.4, -0.2) is 28.8 Å². The first-order valence-electron chi connectivity index (χ1n) is 14.8. The topological polar surface area (TPSA) is 0 Å². The molecule has 5 aliphatic rings. The number of hydrogen-bond donors (Lipinski definition) is 0. The van der Waals surface area contributed by atoms with Crippen LogP contribution < -0.4 is 0 Å². The summed E-state index contributed by atoms with van der Waals surface area (Å²) in [6.07, 6.45) is 40.4. The monoisotopic (exact) mass is 472 g/mol. The normalized spacial score (nSPS) is 29.8. The molecule has 0 spiro atoms. The number of allylic oxidation sites excluding steroid dienone is 4. The van der Waals surface area contributed by atoms with Crippen molar-refractivity contribution >= 4 is 15.8 Å². The molecule has 0 bridgehead atoms. The summed E-state index contributed by atoms with van der Waals surface area (Å²) in [5, 5.41) is 2.01. The van der Waals surface area contributed by atoms with Crippen LogP contribution in [0, 0.1) is 5.92 Å². The third-order valence-corrected chi connectivity index (χ3v) is 17.1. The second kappa shape index (κ2) is 12.3. The Morgan fingerprint density at radius 1 is 0.531 bits per heavy atom. The second-order valence-corrected chi connectivity index (χ2v) is 17.5. The summed E-state index contributed by atoms with van der Waals surface area (Å²) in [7, 11) is 0.330. The summed E-state index contributed by atoms with van der Waals surface area (Å²) >= 11 is 0. The summed E-state index contributed by atoms with van der Waals surface area (Å²) in [5.74, 6) is 0.847. The molecule has 32 heavy (non-hydrogen) atoms. The summed E-state index contributed by atoms with van der Waals surface area (Å²) in [6.45, 7) is 0. The van der Waals surface area contributed by atoms with Gasteiger partial charge in [-0.2, -0.15) is 0 Å². The van der Waals surface area contributed by atoms with E-state index in [2.05, 4.69) is 18.2 Å². The van der Waals surface area contributed by atoms with E-state index >= 15 is 0 Å². The maximum atomic E-state index is 2.71. The number of rotatable bonds is 7. The minimum absolute atomic E-state index is 0.106. The minimum Gasteiger partial charge on any atom is -0.0994 e. The Hall–Kier alpha value is 0.340. The van der Waals surface area contributed by atoms with E-state index in [-0.39, 0.29) is 15.8 Å². The lowest BCUT2D eigenvalue weighted by Crippen LogP contribution is -2.26. The Morgan fingerprint density at radius 2 is 0.938 bits per heavy atom. The minimum atomic E-state index is 0.106. The maximum absolute atomic E-state index is 2.71. The fourth-order valence-electron chi connectivity index (χ4n) is 8.03. The van der Waals surface area contributed by atoms with Crippen molar-refractivity contribution in [3.05, 3.63) is 23.5 Å². The molecule has 4 saturated carbocycles. The van der Waals surface area contributed by atoms with Crippen LogP contribution >= 0.6 is 15.8 Å². The van der Waals surface area contributed by atoms with Gasteiger partial charge >= 0.3 is 0 Å². The van der Waals surface area contributed by atoms with E-state index in [0.717, 1.165) is 28.6 Å². The van der Waals surface area contributed by atoms with Crippen LogP contribution in [0.4, 0.5) is 0 Å². The highest BCUT2D eigenvalue weighted by molar-refractivity contribution is 7.64. The summed E-state index contributed by atoms with van der Waals surface area (Å²) < 4.78 is 0. The molecule has 0 saturated heterocycles. The van der Waals surface area contributed by atoms with Gasteiger partial charge in [-0.1, -0.05) is 111 Å². The predicted octanol–water partition coefficient (Wildman–Crippen LogP) is 10.4. The van der Waals surface area contributed by atoms with Gasteiger partial charge in [0.25, 0.3) is 0 Å². The van der Waals surface area contributed by atoms with Crippen LogP contribution in [0.3, 0.4) is 0 Å². The Bertz CT molecular complexity index is 577. The first-order valence-corrected chi connectivity index (χ1v) is 18.0. The van der Waals surface area contributed by atoms with Gasteiger partial charge in [-0.05, 0) is 85.5 Å². The Labute approximate surface area is 202 Å². The first kappa shape index (κ1) is 24.1. The van der Waals surface area contributed by atoms with E-state index in [1.807, 2.05) is 5.31 Å². The molecule has 180 valence electrons. The third-order valence-electron chi connectivity index (χ3n) is 9.72. The van der Waals surface area contributed by atoms with Gasteiger partial charge in [0.1, 0.15) is 0 Å². The molecule has 4 fully saturated rings. The first-order chi connectivity index (χ1) is 15.9. The Kier molecular flexibility index (Phi) is 9.28.